The van der Waals surface area contributed by atoms with Gasteiger partial charge in [0, 0.05) is 18.8 Å². The Morgan fingerprint density at radius 1 is 1.73 bits per heavy atom. The maximum atomic E-state index is 11.3. The van der Waals surface area contributed by atoms with Crippen molar-refractivity contribution in [3.8, 4) is 0 Å². The third-order valence-electron chi connectivity index (χ3n) is 1.79. The van der Waals surface area contributed by atoms with Gasteiger partial charge in [-0.2, -0.15) is 0 Å². The molecule has 0 bridgehead atoms. The van der Waals surface area contributed by atoms with Crippen LogP contribution in [0.15, 0.2) is 0 Å². The fourth-order valence-electron chi connectivity index (χ4n) is 1.20. The third kappa shape index (κ3) is 2.54. The monoisotopic (exact) mass is 177 g/mol. The number of aliphatic hydroxyl groups excluding tert-OH is 1. The van der Waals surface area contributed by atoms with E-state index in [0.717, 1.165) is 25.1 Å². The third-order valence-corrected chi connectivity index (χ3v) is 3.46. The van der Waals surface area contributed by atoms with Gasteiger partial charge >= 0.3 is 0 Å². The minimum absolute atomic E-state index is 0.254. The Morgan fingerprint density at radius 3 is 2.91 bits per heavy atom. The maximum absolute atomic E-state index is 11.3. The van der Waals surface area contributed by atoms with E-state index in [4.69, 9.17) is 5.11 Å². The van der Waals surface area contributed by atoms with Gasteiger partial charge in [-0.15, -0.1) is 0 Å². The van der Waals surface area contributed by atoms with Crippen molar-refractivity contribution in [2.75, 3.05) is 18.8 Å². The minimum Gasteiger partial charge on any atom is -0.392 e. The van der Waals surface area contributed by atoms with Crippen LogP contribution >= 0.6 is 0 Å². The zero-order valence-corrected chi connectivity index (χ0v) is 7.64. The highest BCUT2D eigenvalue weighted by atomic mass is 32.2. The molecule has 0 aromatic heterocycles. The van der Waals surface area contributed by atoms with Crippen molar-refractivity contribution < 1.29 is 9.32 Å². The molecule has 0 aromatic carbocycles. The molecule has 4 heteroatoms. The van der Waals surface area contributed by atoms with Crippen LogP contribution in [0.25, 0.3) is 0 Å². The number of aliphatic hydroxyl groups is 1. The van der Waals surface area contributed by atoms with Gasteiger partial charge in [0.1, 0.15) is 0 Å². The first-order valence-electron chi connectivity index (χ1n) is 4.05. The lowest BCUT2D eigenvalue weighted by Gasteiger charge is -2.12. The van der Waals surface area contributed by atoms with Crippen molar-refractivity contribution in [2.24, 2.45) is 0 Å². The zero-order chi connectivity index (χ0) is 8.27. The van der Waals surface area contributed by atoms with Gasteiger partial charge in [0.05, 0.1) is 17.1 Å². The van der Waals surface area contributed by atoms with E-state index < -0.39 is 11.0 Å². The molecular weight excluding hydrogens is 162 g/mol. The first-order chi connectivity index (χ1) is 5.24. The van der Waals surface area contributed by atoms with Gasteiger partial charge in [-0.1, -0.05) is 6.92 Å². The summed E-state index contributed by atoms with van der Waals surface area (Å²) in [6, 6.07) is 0. The SMILES string of the molecule is CCCS(=O)N1CC[C@H](O)C1. The molecule has 0 amide bonds. The van der Waals surface area contributed by atoms with E-state index in [1.807, 2.05) is 11.2 Å². The Bertz CT molecular complexity index is 151. The summed E-state index contributed by atoms with van der Waals surface area (Å²) in [5, 5.41) is 9.14. The maximum Gasteiger partial charge on any atom is 0.0943 e. The van der Waals surface area contributed by atoms with E-state index >= 15 is 0 Å². The van der Waals surface area contributed by atoms with Crippen LogP contribution in [0.1, 0.15) is 19.8 Å². The van der Waals surface area contributed by atoms with Crippen LogP contribution in [0.4, 0.5) is 0 Å². The Kier molecular flexibility index (Phi) is 3.48. The van der Waals surface area contributed by atoms with Crippen molar-refractivity contribution >= 4 is 11.0 Å². The molecule has 1 saturated heterocycles. The van der Waals surface area contributed by atoms with Crippen molar-refractivity contribution in [1.29, 1.82) is 0 Å². The molecule has 0 aliphatic carbocycles. The molecule has 1 aliphatic rings. The van der Waals surface area contributed by atoms with Crippen LogP contribution in [0.2, 0.25) is 0 Å². The normalized spacial score (nSPS) is 29.1. The summed E-state index contributed by atoms with van der Waals surface area (Å²) in [6.07, 6.45) is 1.46. The highest BCUT2D eigenvalue weighted by molar-refractivity contribution is 7.82. The summed E-state index contributed by atoms with van der Waals surface area (Å²) in [6.45, 7) is 3.39. The van der Waals surface area contributed by atoms with Gasteiger partial charge < -0.3 is 5.11 Å². The molecule has 0 saturated carbocycles. The number of rotatable bonds is 3. The van der Waals surface area contributed by atoms with E-state index in [2.05, 4.69) is 0 Å². The Hall–Kier alpha value is 0.0700. The van der Waals surface area contributed by atoms with Gasteiger partial charge in [0.15, 0.2) is 0 Å². The molecular formula is C7H15NO2S. The summed E-state index contributed by atoms with van der Waals surface area (Å²) in [7, 11) is -0.843. The van der Waals surface area contributed by atoms with E-state index in [1.54, 1.807) is 0 Å². The Balaban J connectivity index is 2.31. The van der Waals surface area contributed by atoms with Gasteiger partial charge in [-0.25, -0.2) is 8.51 Å². The van der Waals surface area contributed by atoms with E-state index in [0.29, 0.717) is 6.54 Å². The van der Waals surface area contributed by atoms with Crippen LogP contribution in [0.3, 0.4) is 0 Å². The first kappa shape index (κ1) is 9.16. The molecule has 1 aliphatic heterocycles. The molecule has 11 heavy (non-hydrogen) atoms. The highest BCUT2D eigenvalue weighted by Gasteiger charge is 2.23. The lowest BCUT2D eigenvalue weighted by Crippen LogP contribution is -2.26. The predicted octanol–water partition coefficient (Wildman–Crippen LogP) is 0.127. The van der Waals surface area contributed by atoms with Crippen molar-refractivity contribution in [1.82, 2.24) is 4.31 Å². The number of β-amino-alcohol motifs (C(OH)–C–C–N with tert-alkyl or cyclic N) is 1. The standard InChI is InChI=1S/C7H15NO2S/c1-2-5-11(10)8-4-3-7(9)6-8/h7,9H,2-6H2,1H3/t7-,11?/m0/s1. The van der Waals surface area contributed by atoms with Crippen molar-refractivity contribution in [3.63, 3.8) is 0 Å². The summed E-state index contributed by atoms with van der Waals surface area (Å²) in [5.41, 5.74) is 0. The molecule has 1 heterocycles. The fraction of sp³-hybridized carbons (Fsp3) is 1.00. The topological polar surface area (TPSA) is 40.5 Å². The zero-order valence-electron chi connectivity index (χ0n) is 6.82. The number of hydrogen-bond donors (Lipinski definition) is 1. The van der Waals surface area contributed by atoms with E-state index in [-0.39, 0.29) is 6.10 Å². The number of nitrogens with zero attached hydrogens (tertiary/aromatic N) is 1. The molecule has 0 radical (unpaired) electrons. The lowest BCUT2D eigenvalue weighted by molar-refractivity contribution is 0.190. The summed E-state index contributed by atoms with van der Waals surface area (Å²) < 4.78 is 13.2. The summed E-state index contributed by atoms with van der Waals surface area (Å²) >= 11 is 0. The molecule has 1 rings (SSSR count). The fourth-order valence-corrected chi connectivity index (χ4v) is 2.45. The van der Waals surface area contributed by atoms with Crippen LogP contribution in [0, 0.1) is 0 Å². The highest BCUT2D eigenvalue weighted by Crippen LogP contribution is 2.11. The van der Waals surface area contributed by atoms with Crippen LogP contribution in [-0.2, 0) is 11.0 Å². The van der Waals surface area contributed by atoms with Gasteiger partial charge in [0.25, 0.3) is 0 Å². The predicted molar refractivity (Wildman–Crippen MR) is 45.5 cm³/mol. The first-order valence-corrected chi connectivity index (χ1v) is 5.33. The Labute approximate surface area is 70.0 Å². The van der Waals surface area contributed by atoms with Gasteiger partial charge in [-0.05, 0) is 12.8 Å². The van der Waals surface area contributed by atoms with Crippen LogP contribution in [0.5, 0.6) is 0 Å². The molecule has 2 atom stereocenters. The lowest BCUT2D eigenvalue weighted by atomic mass is 10.3. The van der Waals surface area contributed by atoms with Gasteiger partial charge in [0.2, 0.25) is 0 Å². The molecule has 1 unspecified atom stereocenters. The number of hydrogen-bond acceptors (Lipinski definition) is 2. The molecule has 0 aromatic rings. The average molecular weight is 177 g/mol. The van der Waals surface area contributed by atoms with Crippen LogP contribution < -0.4 is 0 Å². The molecule has 3 nitrogen and oxygen atoms in total. The van der Waals surface area contributed by atoms with Crippen LogP contribution in [-0.4, -0.2) is 38.6 Å². The second kappa shape index (κ2) is 4.18. The van der Waals surface area contributed by atoms with Gasteiger partial charge in [-0.3, -0.25) is 0 Å². The quantitative estimate of drug-likeness (QED) is 0.665. The van der Waals surface area contributed by atoms with Crippen molar-refractivity contribution in [3.05, 3.63) is 0 Å². The second-order valence-electron chi connectivity index (χ2n) is 2.86. The van der Waals surface area contributed by atoms with E-state index in [9.17, 15) is 4.21 Å². The minimum atomic E-state index is -0.843. The molecule has 0 spiro atoms. The van der Waals surface area contributed by atoms with E-state index in [1.165, 1.54) is 0 Å². The largest absolute Gasteiger partial charge is 0.392 e. The molecule has 66 valence electrons. The second-order valence-corrected chi connectivity index (χ2v) is 4.42. The summed E-state index contributed by atoms with van der Waals surface area (Å²) in [5.74, 6) is 0.729. The molecule has 1 N–H and O–H groups in total. The van der Waals surface area contributed by atoms with Crippen molar-refractivity contribution in [2.45, 2.75) is 25.9 Å². The smallest absolute Gasteiger partial charge is 0.0943 e. The average Bonchev–Trinajstić information content (AvgIpc) is 2.36. The summed E-state index contributed by atoms with van der Waals surface area (Å²) in [4.78, 5) is 0. The molecule has 1 fully saturated rings. The Morgan fingerprint density at radius 2 is 2.45 bits per heavy atom.